The van der Waals surface area contributed by atoms with Gasteiger partial charge in [0.2, 0.25) is 0 Å². The van der Waals surface area contributed by atoms with Crippen molar-refractivity contribution in [2.45, 2.75) is 59.3 Å². The fraction of sp³-hybridized carbons (Fsp3) is 0.650. The molecule has 0 aromatic heterocycles. The average Bonchev–Trinajstić information content (AvgIpc) is 2.55. The highest BCUT2D eigenvalue weighted by molar-refractivity contribution is 8.00. The van der Waals surface area contributed by atoms with Gasteiger partial charge < -0.3 is 4.74 Å². The van der Waals surface area contributed by atoms with E-state index >= 15 is 0 Å². The molecule has 0 amide bonds. The fourth-order valence-corrected chi connectivity index (χ4v) is 4.04. The first-order valence-electron chi connectivity index (χ1n) is 9.13. The molecule has 1 aliphatic heterocycles. The van der Waals surface area contributed by atoms with Crippen molar-refractivity contribution in [3.05, 3.63) is 34.9 Å². The van der Waals surface area contributed by atoms with Crippen molar-refractivity contribution in [1.29, 1.82) is 0 Å². The summed E-state index contributed by atoms with van der Waals surface area (Å²) in [7, 11) is 0. The number of benzene rings is 1. The van der Waals surface area contributed by atoms with Crippen LogP contribution in [0.4, 0.5) is 0 Å². The first-order valence-corrected chi connectivity index (χ1v) is 10.2. The van der Waals surface area contributed by atoms with Crippen molar-refractivity contribution >= 4 is 17.7 Å². The van der Waals surface area contributed by atoms with Crippen LogP contribution in [0.3, 0.4) is 0 Å². The van der Waals surface area contributed by atoms with Crippen LogP contribution in [-0.2, 0) is 16.1 Å². The Balaban J connectivity index is 0.00000139. The van der Waals surface area contributed by atoms with Gasteiger partial charge in [-0.2, -0.15) is 0 Å². The molecule has 1 heterocycles. The zero-order valence-electron chi connectivity index (χ0n) is 15.9. The van der Waals surface area contributed by atoms with E-state index in [0.717, 1.165) is 32.5 Å². The van der Waals surface area contributed by atoms with Gasteiger partial charge in [0.05, 0.1) is 12.4 Å². The number of nitrogens with zero attached hydrogens (tertiary/aromatic N) is 1. The Kier molecular flexibility index (Phi) is 10.1. The van der Waals surface area contributed by atoms with E-state index in [-0.39, 0.29) is 5.97 Å². The van der Waals surface area contributed by atoms with Gasteiger partial charge in [0.15, 0.2) is 0 Å². The molecule has 4 heteroatoms. The van der Waals surface area contributed by atoms with E-state index in [0.29, 0.717) is 17.6 Å². The van der Waals surface area contributed by atoms with E-state index in [1.807, 2.05) is 20.8 Å². The summed E-state index contributed by atoms with van der Waals surface area (Å²) < 4.78 is 4.99. The minimum absolute atomic E-state index is 0.0786. The normalized spacial score (nSPS) is 15.5. The van der Waals surface area contributed by atoms with Gasteiger partial charge in [0, 0.05) is 11.8 Å². The molecule has 0 aliphatic carbocycles. The van der Waals surface area contributed by atoms with E-state index in [1.54, 1.807) is 11.8 Å². The molecule has 1 aromatic rings. The highest BCUT2D eigenvalue weighted by Crippen LogP contribution is 2.24. The number of hydrogen-bond acceptors (Lipinski definition) is 4. The second kappa shape index (κ2) is 11.5. The Morgan fingerprint density at radius 2 is 1.75 bits per heavy atom. The molecule has 0 bridgehead atoms. The van der Waals surface area contributed by atoms with Gasteiger partial charge in [-0.3, -0.25) is 9.69 Å². The molecule has 0 saturated carbocycles. The Morgan fingerprint density at radius 3 is 2.29 bits per heavy atom. The molecule has 1 aromatic carbocycles. The maximum Gasteiger partial charge on any atom is 0.315 e. The van der Waals surface area contributed by atoms with Crippen molar-refractivity contribution in [3.63, 3.8) is 0 Å². The SMILES string of the molecule is CC.CCOC(=O)CSC1CCN(Cc2cc(C)cc(C)c2)CC1. The summed E-state index contributed by atoms with van der Waals surface area (Å²) in [4.78, 5) is 13.9. The molecule has 0 unspecified atom stereocenters. The van der Waals surface area contributed by atoms with E-state index in [4.69, 9.17) is 4.74 Å². The van der Waals surface area contributed by atoms with E-state index < -0.39 is 0 Å². The van der Waals surface area contributed by atoms with Gasteiger partial charge in [-0.25, -0.2) is 0 Å². The van der Waals surface area contributed by atoms with Gasteiger partial charge in [-0.1, -0.05) is 43.2 Å². The predicted octanol–water partition coefficient (Wildman–Crippen LogP) is 4.59. The topological polar surface area (TPSA) is 29.5 Å². The summed E-state index contributed by atoms with van der Waals surface area (Å²) in [5.41, 5.74) is 4.10. The molecule has 136 valence electrons. The molecule has 24 heavy (non-hydrogen) atoms. The minimum Gasteiger partial charge on any atom is -0.465 e. The number of carbonyl (C=O) groups is 1. The first kappa shape index (κ1) is 21.0. The third kappa shape index (κ3) is 7.71. The number of likely N-dealkylation sites (tertiary alicyclic amines) is 1. The maximum atomic E-state index is 11.4. The molecule has 0 N–H and O–H groups in total. The molecule has 2 rings (SSSR count). The zero-order chi connectivity index (χ0) is 17.9. The van der Waals surface area contributed by atoms with Gasteiger partial charge in [-0.15, -0.1) is 11.8 Å². The molecule has 0 spiro atoms. The number of aryl methyl sites for hydroxylation is 2. The number of piperidine rings is 1. The summed E-state index contributed by atoms with van der Waals surface area (Å²) >= 11 is 1.76. The molecule has 0 radical (unpaired) electrons. The molecule has 1 fully saturated rings. The third-order valence-electron chi connectivity index (χ3n) is 3.96. The van der Waals surface area contributed by atoms with Gasteiger partial charge >= 0.3 is 5.97 Å². The average molecular weight is 352 g/mol. The first-order chi connectivity index (χ1) is 11.6. The summed E-state index contributed by atoms with van der Waals surface area (Å²) in [6.07, 6.45) is 2.32. The number of esters is 1. The monoisotopic (exact) mass is 351 g/mol. The molecule has 1 aliphatic rings. The van der Waals surface area contributed by atoms with Crippen LogP contribution in [0.5, 0.6) is 0 Å². The lowest BCUT2D eigenvalue weighted by molar-refractivity contribution is -0.139. The maximum absolute atomic E-state index is 11.4. The van der Waals surface area contributed by atoms with Crippen molar-refractivity contribution < 1.29 is 9.53 Å². The molecule has 3 nitrogen and oxygen atoms in total. The Bertz CT molecular complexity index is 476. The summed E-state index contributed by atoms with van der Waals surface area (Å²) in [5, 5.41) is 0.597. The number of thioether (sulfide) groups is 1. The standard InChI is InChI=1S/C18H27NO2S.C2H6/c1-4-21-18(20)13-22-17-5-7-19(8-6-17)12-16-10-14(2)9-15(3)11-16;1-2/h9-11,17H,4-8,12-13H2,1-3H3;1-2H3. The number of hydrogen-bond donors (Lipinski definition) is 0. The van der Waals surface area contributed by atoms with Crippen molar-refractivity contribution in [2.24, 2.45) is 0 Å². The van der Waals surface area contributed by atoms with Gasteiger partial charge in [0.25, 0.3) is 0 Å². The summed E-state index contributed by atoms with van der Waals surface area (Å²) in [6.45, 7) is 13.9. The largest absolute Gasteiger partial charge is 0.465 e. The minimum atomic E-state index is -0.0786. The van der Waals surface area contributed by atoms with E-state index in [2.05, 4.69) is 36.9 Å². The highest BCUT2D eigenvalue weighted by Gasteiger charge is 2.20. The predicted molar refractivity (Wildman–Crippen MR) is 105 cm³/mol. The van der Waals surface area contributed by atoms with Crippen LogP contribution in [0.2, 0.25) is 0 Å². The van der Waals surface area contributed by atoms with Crippen molar-refractivity contribution in [3.8, 4) is 0 Å². The van der Waals surface area contributed by atoms with Crippen molar-refractivity contribution in [1.82, 2.24) is 4.90 Å². The number of carbonyl (C=O) groups excluding carboxylic acids is 1. The van der Waals surface area contributed by atoms with Crippen molar-refractivity contribution in [2.75, 3.05) is 25.4 Å². The highest BCUT2D eigenvalue weighted by atomic mass is 32.2. The Hall–Kier alpha value is -1.00. The van der Waals surface area contributed by atoms with Crippen LogP contribution in [0.15, 0.2) is 18.2 Å². The molecule has 0 atom stereocenters. The fourth-order valence-electron chi connectivity index (χ4n) is 3.04. The number of rotatable bonds is 6. The van der Waals surface area contributed by atoms with Crippen LogP contribution in [0, 0.1) is 13.8 Å². The summed E-state index contributed by atoms with van der Waals surface area (Å²) in [5.74, 6) is 0.417. The Morgan fingerprint density at radius 1 is 1.17 bits per heavy atom. The van der Waals surface area contributed by atoms with Crippen LogP contribution < -0.4 is 0 Å². The number of ether oxygens (including phenoxy) is 1. The molecular weight excluding hydrogens is 318 g/mol. The van der Waals surface area contributed by atoms with E-state index in [1.165, 1.54) is 16.7 Å². The van der Waals surface area contributed by atoms with Crippen LogP contribution in [0.1, 0.15) is 50.3 Å². The second-order valence-corrected chi connectivity index (χ2v) is 7.38. The lowest BCUT2D eigenvalue weighted by Gasteiger charge is -2.31. The lowest BCUT2D eigenvalue weighted by atomic mass is 10.1. The summed E-state index contributed by atoms with van der Waals surface area (Å²) in [6, 6.07) is 6.80. The van der Waals surface area contributed by atoms with Crippen LogP contribution in [0.25, 0.3) is 0 Å². The van der Waals surface area contributed by atoms with Gasteiger partial charge in [0.1, 0.15) is 0 Å². The van der Waals surface area contributed by atoms with E-state index in [9.17, 15) is 4.79 Å². The zero-order valence-corrected chi connectivity index (χ0v) is 16.7. The van der Waals surface area contributed by atoms with Crippen LogP contribution >= 0.6 is 11.8 Å². The van der Waals surface area contributed by atoms with Crippen LogP contribution in [-0.4, -0.2) is 41.6 Å². The second-order valence-electron chi connectivity index (χ2n) is 6.09. The Labute approximate surface area is 152 Å². The smallest absolute Gasteiger partial charge is 0.315 e. The molecule has 1 saturated heterocycles. The lowest BCUT2D eigenvalue weighted by Crippen LogP contribution is -2.34. The third-order valence-corrected chi connectivity index (χ3v) is 5.31. The quantitative estimate of drug-likeness (QED) is 0.701. The van der Waals surface area contributed by atoms with Gasteiger partial charge in [-0.05, 0) is 52.3 Å². The molecular formula is C20H33NO2S.